The average molecular weight is 332 g/mol. The summed E-state index contributed by atoms with van der Waals surface area (Å²) in [6.07, 6.45) is 2.57. The summed E-state index contributed by atoms with van der Waals surface area (Å²) in [5, 5.41) is 0. The van der Waals surface area contributed by atoms with Gasteiger partial charge < -0.3 is 13.7 Å². The number of fused-ring (bicyclic) bond motifs is 1. The Bertz CT molecular complexity index is 953. The lowest BCUT2D eigenvalue weighted by Crippen LogP contribution is -2.06. The van der Waals surface area contributed by atoms with Gasteiger partial charge in [-0.25, -0.2) is 4.98 Å². The van der Waals surface area contributed by atoms with Crippen molar-refractivity contribution in [1.82, 2.24) is 9.55 Å². The van der Waals surface area contributed by atoms with Crippen LogP contribution in [0.3, 0.4) is 0 Å². The van der Waals surface area contributed by atoms with E-state index in [0.717, 1.165) is 41.3 Å². The number of rotatable bonds is 6. The smallest absolute Gasteiger partial charge is 0.177 e. The molecule has 4 rings (SSSR count). The average Bonchev–Trinajstić information content (AvgIpc) is 3.28. The minimum absolute atomic E-state index is 0.660. The molecule has 0 atom stereocenters. The fraction of sp³-hybridized carbons (Fsp3) is 0.190. The molecule has 0 bridgehead atoms. The van der Waals surface area contributed by atoms with Crippen LogP contribution in [-0.4, -0.2) is 16.2 Å². The Balaban J connectivity index is 1.50. The van der Waals surface area contributed by atoms with Gasteiger partial charge in [0.2, 0.25) is 0 Å². The van der Waals surface area contributed by atoms with E-state index in [1.165, 1.54) is 5.56 Å². The first kappa shape index (κ1) is 15.5. The summed E-state index contributed by atoms with van der Waals surface area (Å²) in [6.45, 7) is 3.56. The topological polar surface area (TPSA) is 40.2 Å². The Hall–Kier alpha value is -3.01. The molecule has 126 valence electrons. The van der Waals surface area contributed by atoms with E-state index in [-0.39, 0.29) is 0 Å². The molecular formula is C21H20N2O2. The number of para-hydroxylation sites is 2. The SMILES string of the molecule is Cc1ccc(OCCCn2c(-c3ccco3)nc3ccccc32)cc1. The lowest BCUT2D eigenvalue weighted by molar-refractivity contribution is 0.302. The van der Waals surface area contributed by atoms with Gasteiger partial charge in [0.25, 0.3) is 0 Å². The zero-order chi connectivity index (χ0) is 17.1. The quantitative estimate of drug-likeness (QED) is 0.463. The maximum absolute atomic E-state index is 5.84. The second-order valence-electron chi connectivity index (χ2n) is 6.07. The normalized spacial score (nSPS) is 11.1. The van der Waals surface area contributed by atoms with Crippen LogP contribution in [0.25, 0.3) is 22.6 Å². The molecule has 2 heterocycles. The second-order valence-corrected chi connectivity index (χ2v) is 6.07. The van der Waals surface area contributed by atoms with Crippen molar-refractivity contribution in [2.45, 2.75) is 19.9 Å². The molecule has 0 aliphatic carbocycles. The second kappa shape index (κ2) is 6.85. The highest BCUT2D eigenvalue weighted by Gasteiger charge is 2.14. The molecule has 0 aliphatic heterocycles. The number of aryl methyl sites for hydroxylation is 2. The zero-order valence-corrected chi connectivity index (χ0v) is 14.2. The van der Waals surface area contributed by atoms with Crippen LogP contribution < -0.4 is 4.74 Å². The van der Waals surface area contributed by atoms with Gasteiger partial charge in [0.1, 0.15) is 5.75 Å². The van der Waals surface area contributed by atoms with Crippen molar-refractivity contribution in [3.05, 3.63) is 72.5 Å². The molecule has 2 aromatic carbocycles. The summed E-state index contributed by atoms with van der Waals surface area (Å²) < 4.78 is 13.6. The van der Waals surface area contributed by atoms with Crippen LogP contribution in [0.4, 0.5) is 0 Å². The van der Waals surface area contributed by atoms with E-state index in [4.69, 9.17) is 14.1 Å². The fourth-order valence-electron chi connectivity index (χ4n) is 2.94. The number of nitrogens with zero attached hydrogens (tertiary/aromatic N) is 2. The number of aromatic nitrogens is 2. The molecule has 0 aliphatic rings. The Morgan fingerprint density at radius 3 is 2.64 bits per heavy atom. The number of hydrogen-bond acceptors (Lipinski definition) is 3. The number of imidazole rings is 1. The van der Waals surface area contributed by atoms with Crippen LogP contribution in [0.15, 0.2) is 71.3 Å². The van der Waals surface area contributed by atoms with Gasteiger partial charge in [0, 0.05) is 6.54 Å². The third kappa shape index (κ3) is 3.29. The highest BCUT2D eigenvalue weighted by Crippen LogP contribution is 2.25. The van der Waals surface area contributed by atoms with Gasteiger partial charge in [0.05, 0.1) is 23.9 Å². The molecule has 0 saturated heterocycles. The number of benzene rings is 2. The van der Waals surface area contributed by atoms with Gasteiger partial charge in [-0.1, -0.05) is 29.8 Å². The molecule has 0 saturated carbocycles. The van der Waals surface area contributed by atoms with E-state index in [2.05, 4.69) is 29.7 Å². The molecule has 2 aromatic heterocycles. The molecule has 0 radical (unpaired) electrons. The lowest BCUT2D eigenvalue weighted by Gasteiger charge is -2.09. The van der Waals surface area contributed by atoms with Crippen LogP contribution in [0.5, 0.6) is 5.75 Å². The molecule has 4 aromatic rings. The minimum atomic E-state index is 0.660. The van der Waals surface area contributed by atoms with Crippen LogP contribution in [0.1, 0.15) is 12.0 Å². The monoisotopic (exact) mass is 332 g/mol. The molecule has 0 amide bonds. The van der Waals surface area contributed by atoms with Crippen molar-refractivity contribution < 1.29 is 9.15 Å². The molecule has 4 nitrogen and oxygen atoms in total. The van der Waals surface area contributed by atoms with Crippen LogP contribution in [0, 0.1) is 6.92 Å². The summed E-state index contributed by atoms with van der Waals surface area (Å²) in [5.74, 6) is 2.56. The first-order valence-electron chi connectivity index (χ1n) is 8.50. The molecule has 4 heteroatoms. The highest BCUT2D eigenvalue weighted by molar-refractivity contribution is 5.79. The van der Waals surface area contributed by atoms with Crippen molar-refractivity contribution in [3.8, 4) is 17.3 Å². The van der Waals surface area contributed by atoms with Gasteiger partial charge >= 0.3 is 0 Å². The van der Waals surface area contributed by atoms with E-state index in [1.807, 2.05) is 42.5 Å². The minimum Gasteiger partial charge on any atom is -0.494 e. The maximum Gasteiger partial charge on any atom is 0.177 e. The van der Waals surface area contributed by atoms with Gasteiger partial charge in [0.15, 0.2) is 11.6 Å². The Morgan fingerprint density at radius 1 is 1.00 bits per heavy atom. The number of ether oxygens (including phenoxy) is 1. The third-order valence-electron chi connectivity index (χ3n) is 4.21. The zero-order valence-electron chi connectivity index (χ0n) is 14.2. The molecule has 0 N–H and O–H groups in total. The molecule has 0 fully saturated rings. The lowest BCUT2D eigenvalue weighted by atomic mass is 10.2. The summed E-state index contributed by atoms with van der Waals surface area (Å²) in [5.41, 5.74) is 3.33. The fourth-order valence-corrected chi connectivity index (χ4v) is 2.94. The number of furan rings is 1. The van der Waals surface area contributed by atoms with E-state index in [1.54, 1.807) is 6.26 Å². The highest BCUT2D eigenvalue weighted by atomic mass is 16.5. The molecule has 0 spiro atoms. The summed E-state index contributed by atoms with van der Waals surface area (Å²) >= 11 is 0. The van der Waals surface area contributed by atoms with Gasteiger partial charge in [-0.05, 0) is 49.7 Å². The Labute approximate surface area is 146 Å². The van der Waals surface area contributed by atoms with Crippen molar-refractivity contribution in [2.75, 3.05) is 6.61 Å². The Kier molecular flexibility index (Phi) is 4.25. The van der Waals surface area contributed by atoms with Gasteiger partial charge in [-0.15, -0.1) is 0 Å². The van der Waals surface area contributed by atoms with Crippen LogP contribution in [-0.2, 0) is 6.54 Å². The summed E-state index contributed by atoms with van der Waals surface area (Å²) in [6, 6.07) is 20.1. The largest absolute Gasteiger partial charge is 0.494 e. The van der Waals surface area contributed by atoms with Crippen LogP contribution >= 0.6 is 0 Å². The third-order valence-corrected chi connectivity index (χ3v) is 4.21. The summed E-state index contributed by atoms with van der Waals surface area (Å²) in [7, 11) is 0. The predicted octanol–water partition coefficient (Wildman–Crippen LogP) is 5.07. The number of hydrogen-bond donors (Lipinski definition) is 0. The van der Waals surface area contributed by atoms with E-state index in [0.29, 0.717) is 6.61 Å². The molecule has 25 heavy (non-hydrogen) atoms. The van der Waals surface area contributed by atoms with Crippen molar-refractivity contribution >= 4 is 11.0 Å². The van der Waals surface area contributed by atoms with E-state index < -0.39 is 0 Å². The van der Waals surface area contributed by atoms with E-state index in [9.17, 15) is 0 Å². The van der Waals surface area contributed by atoms with Gasteiger partial charge in [-0.3, -0.25) is 0 Å². The Morgan fingerprint density at radius 2 is 1.84 bits per heavy atom. The predicted molar refractivity (Wildman–Crippen MR) is 98.7 cm³/mol. The summed E-state index contributed by atoms with van der Waals surface area (Å²) in [4.78, 5) is 4.73. The first-order valence-corrected chi connectivity index (χ1v) is 8.50. The molecular weight excluding hydrogens is 312 g/mol. The maximum atomic E-state index is 5.84. The van der Waals surface area contributed by atoms with Crippen molar-refractivity contribution in [1.29, 1.82) is 0 Å². The van der Waals surface area contributed by atoms with Crippen LogP contribution in [0.2, 0.25) is 0 Å². The van der Waals surface area contributed by atoms with Gasteiger partial charge in [-0.2, -0.15) is 0 Å². The van der Waals surface area contributed by atoms with Crippen molar-refractivity contribution in [3.63, 3.8) is 0 Å². The first-order chi connectivity index (χ1) is 12.3. The standard InChI is InChI=1S/C21H20N2O2/c1-16-9-11-17(12-10-16)24-15-5-13-23-19-7-3-2-6-18(19)22-21(23)20-8-4-14-25-20/h2-4,6-12,14H,5,13,15H2,1H3. The van der Waals surface area contributed by atoms with E-state index >= 15 is 0 Å². The van der Waals surface area contributed by atoms with Crippen molar-refractivity contribution in [2.24, 2.45) is 0 Å². The molecule has 0 unspecified atom stereocenters.